The molecule has 16 heavy (non-hydrogen) atoms. The molecule has 0 bridgehead atoms. The van der Waals surface area contributed by atoms with Gasteiger partial charge < -0.3 is 9.47 Å². The van der Waals surface area contributed by atoms with Crippen molar-refractivity contribution in [3.63, 3.8) is 0 Å². The van der Waals surface area contributed by atoms with Gasteiger partial charge in [-0.3, -0.25) is 4.79 Å². The van der Waals surface area contributed by atoms with E-state index in [0.29, 0.717) is 19.6 Å². The highest BCUT2D eigenvalue weighted by atomic mass is 79.9. The van der Waals surface area contributed by atoms with Gasteiger partial charge in [-0.25, -0.2) is 0 Å². The highest BCUT2D eigenvalue weighted by Gasteiger charge is 2.47. The van der Waals surface area contributed by atoms with Gasteiger partial charge in [-0.2, -0.15) is 0 Å². The number of methoxy groups -OCH3 is 1. The van der Waals surface area contributed by atoms with E-state index in [1.165, 1.54) is 7.11 Å². The van der Waals surface area contributed by atoms with E-state index >= 15 is 0 Å². The van der Waals surface area contributed by atoms with Gasteiger partial charge in [0.05, 0.1) is 20.3 Å². The van der Waals surface area contributed by atoms with Crippen molar-refractivity contribution in [3.05, 3.63) is 34.3 Å². The number of ether oxygens (including phenoxy) is 2. The van der Waals surface area contributed by atoms with Crippen molar-refractivity contribution in [3.8, 4) is 0 Å². The summed E-state index contributed by atoms with van der Waals surface area (Å²) in [5.41, 5.74) is 0.620. The monoisotopic (exact) mass is 284 g/mol. The first-order valence-corrected chi connectivity index (χ1v) is 5.87. The zero-order valence-corrected chi connectivity index (χ0v) is 10.6. The van der Waals surface area contributed by atoms with Crippen LogP contribution in [-0.2, 0) is 20.7 Å². The molecule has 1 fully saturated rings. The number of carbonyl (C=O) groups excluding carboxylic acids is 1. The van der Waals surface area contributed by atoms with Gasteiger partial charge in [0.15, 0.2) is 0 Å². The van der Waals surface area contributed by atoms with E-state index in [1.807, 2.05) is 24.3 Å². The van der Waals surface area contributed by atoms with Crippen LogP contribution >= 0.6 is 15.9 Å². The van der Waals surface area contributed by atoms with Crippen LogP contribution in [0.25, 0.3) is 0 Å². The lowest BCUT2D eigenvalue weighted by molar-refractivity contribution is -0.182. The van der Waals surface area contributed by atoms with Crippen LogP contribution in [0.15, 0.2) is 28.7 Å². The van der Waals surface area contributed by atoms with E-state index in [1.54, 1.807) is 0 Å². The largest absolute Gasteiger partial charge is 0.468 e. The zero-order valence-electron chi connectivity index (χ0n) is 9.03. The molecule has 1 aliphatic heterocycles. The van der Waals surface area contributed by atoms with Gasteiger partial charge in [0.1, 0.15) is 5.41 Å². The molecule has 1 aliphatic rings. The summed E-state index contributed by atoms with van der Waals surface area (Å²) in [5, 5.41) is 0. The van der Waals surface area contributed by atoms with Crippen LogP contribution in [0, 0.1) is 5.41 Å². The van der Waals surface area contributed by atoms with E-state index < -0.39 is 5.41 Å². The molecule has 1 heterocycles. The minimum absolute atomic E-state index is 0.186. The number of rotatable bonds is 3. The van der Waals surface area contributed by atoms with Gasteiger partial charge in [-0.15, -0.1) is 0 Å². The Morgan fingerprint density at radius 1 is 1.50 bits per heavy atom. The Balaban J connectivity index is 2.19. The van der Waals surface area contributed by atoms with Gasteiger partial charge >= 0.3 is 5.97 Å². The summed E-state index contributed by atoms with van der Waals surface area (Å²) in [7, 11) is 1.42. The number of esters is 1. The third-order valence-electron chi connectivity index (χ3n) is 2.86. The van der Waals surface area contributed by atoms with Crippen LogP contribution < -0.4 is 0 Å². The smallest absolute Gasteiger partial charge is 0.316 e. The lowest BCUT2D eigenvalue weighted by atomic mass is 9.80. The summed E-state index contributed by atoms with van der Waals surface area (Å²) in [4.78, 5) is 11.7. The molecule has 0 N–H and O–H groups in total. The van der Waals surface area contributed by atoms with E-state index in [4.69, 9.17) is 9.47 Å². The molecular formula is C12H13BrO3. The van der Waals surface area contributed by atoms with Crippen LogP contribution in [0.3, 0.4) is 0 Å². The fourth-order valence-corrected chi connectivity index (χ4v) is 2.29. The van der Waals surface area contributed by atoms with Gasteiger partial charge in [-0.1, -0.05) is 34.1 Å². The predicted molar refractivity (Wildman–Crippen MR) is 63.1 cm³/mol. The second-order valence-electron chi connectivity index (χ2n) is 4.03. The maximum absolute atomic E-state index is 11.7. The number of hydrogen-bond donors (Lipinski definition) is 0. The summed E-state index contributed by atoms with van der Waals surface area (Å²) < 4.78 is 11.0. The van der Waals surface area contributed by atoms with Crippen molar-refractivity contribution in [2.75, 3.05) is 20.3 Å². The van der Waals surface area contributed by atoms with Crippen LogP contribution in [-0.4, -0.2) is 26.3 Å². The normalized spacial score (nSPS) is 17.6. The lowest BCUT2D eigenvalue weighted by Gasteiger charge is -2.38. The van der Waals surface area contributed by atoms with Crippen LogP contribution in [0.5, 0.6) is 0 Å². The Morgan fingerprint density at radius 2 is 2.19 bits per heavy atom. The van der Waals surface area contributed by atoms with Gasteiger partial charge in [-0.05, 0) is 18.1 Å². The molecule has 0 atom stereocenters. The van der Waals surface area contributed by atoms with E-state index in [2.05, 4.69) is 15.9 Å². The second-order valence-corrected chi connectivity index (χ2v) is 4.89. The Morgan fingerprint density at radius 3 is 2.69 bits per heavy atom. The first-order chi connectivity index (χ1) is 7.68. The molecule has 2 rings (SSSR count). The van der Waals surface area contributed by atoms with Gasteiger partial charge in [0.25, 0.3) is 0 Å². The summed E-state index contributed by atoms with van der Waals surface area (Å²) in [6.07, 6.45) is 0.654. The van der Waals surface area contributed by atoms with Gasteiger partial charge in [0, 0.05) is 4.47 Å². The molecule has 0 aromatic heterocycles. The number of hydrogen-bond acceptors (Lipinski definition) is 3. The molecule has 0 amide bonds. The summed E-state index contributed by atoms with van der Waals surface area (Å²) in [5.74, 6) is -0.186. The molecule has 1 aromatic carbocycles. The summed E-state index contributed by atoms with van der Waals surface area (Å²) in [6, 6.07) is 7.90. The van der Waals surface area contributed by atoms with Crippen molar-refractivity contribution in [2.45, 2.75) is 6.42 Å². The van der Waals surface area contributed by atoms with Crippen molar-refractivity contribution >= 4 is 21.9 Å². The molecule has 0 spiro atoms. The molecule has 0 radical (unpaired) electrons. The number of halogens is 1. The quantitative estimate of drug-likeness (QED) is 0.799. The third-order valence-corrected chi connectivity index (χ3v) is 3.64. The molecule has 1 saturated heterocycles. The predicted octanol–water partition coefficient (Wildman–Crippen LogP) is 2.18. The molecule has 0 unspecified atom stereocenters. The average molecular weight is 285 g/mol. The van der Waals surface area contributed by atoms with Crippen LogP contribution in [0.2, 0.25) is 0 Å². The van der Waals surface area contributed by atoms with Crippen molar-refractivity contribution in [2.24, 2.45) is 5.41 Å². The first kappa shape index (κ1) is 11.6. The highest BCUT2D eigenvalue weighted by Crippen LogP contribution is 2.35. The third kappa shape index (κ3) is 1.99. The summed E-state index contributed by atoms with van der Waals surface area (Å²) in [6.45, 7) is 0.891. The molecule has 86 valence electrons. The molecule has 0 aliphatic carbocycles. The maximum atomic E-state index is 11.7. The highest BCUT2D eigenvalue weighted by molar-refractivity contribution is 9.10. The zero-order chi connectivity index (χ0) is 11.6. The second kappa shape index (κ2) is 4.55. The minimum atomic E-state index is -0.487. The minimum Gasteiger partial charge on any atom is -0.468 e. The fraction of sp³-hybridized carbons (Fsp3) is 0.417. The van der Waals surface area contributed by atoms with Crippen molar-refractivity contribution in [1.29, 1.82) is 0 Å². The average Bonchev–Trinajstić information content (AvgIpc) is 2.25. The van der Waals surface area contributed by atoms with Crippen molar-refractivity contribution in [1.82, 2.24) is 0 Å². The molecule has 3 nitrogen and oxygen atoms in total. The Bertz CT molecular complexity index is 399. The standard InChI is InChI=1S/C12H13BrO3/c1-15-11(14)12(7-16-8-12)6-9-4-2-3-5-10(9)13/h2-5H,6-8H2,1H3. The molecule has 1 aromatic rings. The van der Waals surface area contributed by atoms with Crippen molar-refractivity contribution < 1.29 is 14.3 Å². The Labute approximate surface area is 103 Å². The first-order valence-electron chi connectivity index (χ1n) is 5.07. The Hall–Kier alpha value is -0.870. The van der Waals surface area contributed by atoms with E-state index in [-0.39, 0.29) is 5.97 Å². The van der Waals surface area contributed by atoms with E-state index in [9.17, 15) is 4.79 Å². The fourth-order valence-electron chi connectivity index (χ4n) is 1.86. The molecule has 4 heteroatoms. The topological polar surface area (TPSA) is 35.5 Å². The number of benzene rings is 1. The van der Waals surface area contributed by atoms with Crippen LogP contribution in [0.4, 0.5) is 0 Å². The maximum Gasteiger partial charge on any atom is 0.316 e. The SMILES string of the molecule is COC(=O)C1(Cc2ccccc2Br)COC1. The van der Waals surface area contributed by atoms with E-state index in [0.717, 1.165) is 10.0 Å². The van der Waals surface area contributed by atoms with Crippen LogP contribution in [0.1, 0.15) is 5.56 Å². The van der Waals surface area contributed by atoms with Gasteiger partial charge in [0.2, 0.25) is 0 Å². The number of carbonyl (C=O) groups is 1. The molecular weight excluding hydrogens is 272 g/mol. The lowest BCUT2D eigenvalue weighted by Crippen LogP contribution is -2.51. The molecule has 0 saturated carbocycles. The summed E-state index contributed by atoms with van der Waals surface area (Å²) >= 11 is 3.48. The Kier molecular flexibility index (Phi) is 3.30.